The molecular weight excluding hydrogens is 220 g/mol. The predicted molar refractivity (Wildman–Crippen MR) is 61.8 cm³/mol. The van der Waals surface area contributed by atoms with Crippen LogP contribution >= 0.6 is 0 Å². The molecule has 0 aliphatic rings. The van der Waals surface area contributed by atoms with Gasteiger partial charge in [-0.25, -0.2) is 9.48 Å². The van der Waals surface area contributed by atoms with Gasteiger partial charge in [0.25, 0.3) is 0 Å². The number of carboxylic acid groups (broad SMARTS) is 1. The Morgan fingerprint density at radius 1 is 1.41 bits per heavy atom. The van der Waals surface area contributed by atoms with E-state index in [1.165, 1.54) is 13.2 Å². The third-order valence-electron chi connectivity index (χ3n) is 2.40. The van der Waals surface area contributed by atoms with Crippen LogP contribution in [0.15, 0.2) is 30.5 Å². The molecule has 1 N–H and O–H groups in total. The van der Waals surface area contributed by atoms with Crippen LogP contribution in [0, 0.1) is 6.92 Å². The highest BCUT2D eigenvalue weighted by molar-refractivity contribution is 5.91. The number of benzene rings is 1. The maximum absolute atomic E-state index is 10.9. The van der Waals surface area contributed by atoms with E-state index in [2.05, 4.69) is 5.10 Å². The third kappa shape index (κ3) is 2.13. The Morgan fingerprint density at radius 2 is 2.18 bits per heavy atom. The Hall–Kier alpha value is -2.30. The Labute approximate surface area is 98.3 Å². The normalized spacial score (nSPS) is 10.2. The van der Waals surface area contributed by atoms with Crippen LogP contribution in [0.2, 0.25) is 0 Å². The van der Waals surface area contributed by atoms with E-state index in [0.29, 0.717) is 5.75 Å². The number of methoxy groups -OCH3 is 1. The van der Waals surface area contributed by atoms with Crippen molar-refractivity contribution in [2.24, 2.45) is 0 Å². The van der Waals surface area contributed by atoms with Gasteiger partial charge in [-0.3, -0.25) is 0 Å². The van der Waals surface area contributed by atoms with E-state index in [9.17, 15) is 4.79 Å². The van der Waals surface area contributed by atoms with Crippen molar-refractivity contribution < 1.29 is 14.6 Å². The summed E-state index contributed by atoms with van der Waals surface area (Å²) in [4.78, 5) is 10.9. The van der Waals surface area contributed by atoms with E-state index in [1.54, 1.807) is 16.8 Å². The molecule has 0 spiro atoms. The number of carbonyl (C=O) groups is 1. The van der Waals surface area contributed by atoms with Crippen molar-refractivity contribution in [3.63, 3.8) is 0 Å². The zero-order valence-corrected chi connectivity index (χ0v) is 9.54. The van der Waals surface area contributed by atoms with Crippen LogP contribution in [0.4, 0.5) is 0 Å². The van der Waals surface area contributed by atoms with Crippen LogP contribution in [0.1, 0.15) is 16.1 Å². The smallest absolute Gasteiger partial charge is 0.339 e. The quantitative estimate of drug-likeness (QED) is 0.877. The molecule has 88 valence electrons. The lowest BCUT2D eigenvalue weighted by molar-refractivity contribution is 0.0693. The monoisotopic (exact) mass is 232 g/mol. The van der Waals surface area contributed by atoms with Gasteiger partial charge < -0.3 is 9.84 Å². The summed E-state index contributed by atoms with van der Waals surface area (Å²) in [7, 11) is 1.44. The Morgan fingerprint density at radius 3 is 2.71 bits per heavy atom. The molecule has 1 aromatic carbocycles. The average Bonchev–Trinajstić information content (AvgIpc) is 2.75. The second-order valence-electron chi connectivity index (χ2n) is 3.59. The lowest BCUT2D eigenvalue weighted by atomic mass is 10.2. The summed E-state index contributed by atoms with van der Waals surface area (Å²) in [6.07, 6.45) is 1.81. The second kappa shape index (κ2) is 4.29. The first-order valence-corrected chi connectivity index (χ1v) is 5.06. The van der Waals surface area contributed by atoms with Crippen molar-refractivity contribution in [2.75, 3.05) is 7.11 Å². The highest BCUT2D eigenvalue weighted by Gasteiger charge is 2.11. The number of ether oxygens (including phenoxy) is 1. The molecule has 17 heavy (non-hydrogen) atoms. The van der Waals surface area contributed by atoms with Crippen molar-refractivity contribution in [3.8, 4) is 11.4 Å². The highest BCUT2D eigenvalue weighted by Crippen LogP contribution is 2.22. The van der Waals surface area contributed by atoms with Crippen molar-refractivity contribution in [1.82, 2.24) is 9.78 Å². The minimum atomic E-state index is -1.01. The van der Waals surface area contributed by atoms with Crippen molar-refractivity contribution in [1.29, 1.82) is 0 Å². The number of aromatic carboxylic acids is 1. The maximum Gasteiger partial charge on any atom is 0.339 e. The maximum atomic E-state index is 10.9. The predicted octanol–water partition coefficient (Wildman–Crippen LogP) is 1.89. The van der Waals surface area contributed by atoms with Gasteiger partial charge in [-0.05, 0) is 25.1 Å². The Balaban J connectivity index is 2.48. The van der Waals surface area contributed by atoms with Gasteiger partial charge in [-0.2, -0.15) is 5.10 Å². The Bertz CT molecular complexity index is 561. The molecule has 0 unspecified atom stereocenters. The van der Waals surface area contributed by atoms with E-state index >= 15 is 0 Å². The van der Waals surface area contributed by atoms with Crippen molar-refractivity contribution in [3.05, 3.63) is 41.7 Å². The summed E-state index contributed by atoms with van der Waals surface area (Å²) in [5.74, 6) is -0.687. The molecule has 5 nitrogen and oxygen atoms in total. The first-order chi connectivity index (χ1) is 8.11. The number of nitrogens with zero attached hydrogens (tertiary/aromatic N) is 2. The first-order valence-electron chi connectivity index (χ1n) is 5.06. The zero-order valence-electron chi connectivity index (χ0n) is 9.54. The van der Waals surface area contributed by atoms with Gasteiger partial charge in [0, 0.05) is 12.3 Å². The molecule has 0 fully saturated rings. The number of carboxylic acids is 1. The topological polar surface area (TPSA) is 64.4 Å². The van der Waals surface area contributed by atoms with Gasteiger partial charge >= 0.3 is 5.97 Å². The fraction of sp³-hybridized carbons (Fsp3) is 0.167. The van der Waals surface area contributed by atoms with Gasteiger partial charge in [0.1, 0.15) is 11.3 Å². The Kier molecular flexibility index (Phi) is 2.82. The number of hydrogen-bond acceptors (Lipinski definition) is 3. The minimum Gasteiger partial charge on any atom is -0.496 e. The fourth-order valence-corrected chi connectivity index (χ4v) is 1.56. The fourth-order valence-electron chi connectivity index (χ4n) is 1.56. The van der Waals surface area contributed by atoms with E-state index in [-0.39, 0.29) is 5.56 Å². The van der Waals surface area contributed by atoms with E-state index in [1.807, 2.05) is 19.2 Å². The molecule has 2 rings (SSSR count). The molecule has 1 aromatic heterocycles. The average molecular weight is 232 g/mol. The van der Waals surface area contributed by atoms with Gasteiger partial charge in [0.15, 0.2) is 0 Å². The molecule has 0 atom stereocenters. The molecular formula is C12H12N2O3. The van der Waals surface area contributed by atoms with Crippen molar-refractivity contribution in [2.45, 2.75) is 6.92 Å². The molecule has 0 bridgehead atoms. The van der Waals surface area contributed by atoms with Crippen LogP contribution in [0.3, 0.4) is 0 Å². The summed E-state index contributed by atoms with van der Waals surface area (Å²) in [6.45, 7) is 1.89. The molecule has 0 aliphatic heterocycles. The van der Waals surface area contributed by atoms with Gasteiger partial charge in [-0.1, -0.05) is 0 Å². The van der Waals surface area contributed by atoms with Gasteiger partial charge in [-0.15, -0.1) is 0 Å². The van der Waals surface area contributed by atoms with Crippen LogP contribution in [0.5, 0.6) is 5.75 Å². The summed E-state index contributed by atoms with van der Waals surface area (Å²) < 4.78 is 6.72. The van der Waals surface area contributed by atoms with Gasteiger partial charge in [0.2, 0.25) is 0 Å². The molecule has 1 heterocycles. The lowest BCUT2D eigenvalue weighted by Gasteiger charge is -2.07. The molecule has 0 saturated heterocycles. The van der Waals surface area contributed by atoms with Crippen LogP contribution in [-0.4, -0.2) is 28.0 Å². The molecule has 0 aliphatic carbocycles. The zero-order chi connectivity index (χ0) is 12.4. The number of hydrogen-bond donors (Lipinski definition) is 1. The number of aryl methyl sites for hydroxylation is 1. The number of rotatable bonds is 3. The molecule has 0 saturated carbocycles. The van der Waals surface area contributed by atoms with Crippen LogP contribution < -0.4 is 4.74 Å². The summed E-state index contributed by atoms with van der Waals surface area (Å²) in [6, 6.07) is 6.72. The molecule has 0 radical (unpaired) electrons. The van der Waals surface area contributed by atoms with Crippen LogP contribution in [-0.2, 0) is 0 Å². The SMILES string of the molecule is COc1cc(-n2ccc(C)n2)ccc1C(=O)O. The summed E-state index contributed by atoms with van der Waals surface area (Å²) >= 11 is 0. The van der Waals surface area contributed by atoms with Gasteiger partial charge in [0.05, 0.1) is 18.5 Å². The standard InChI is InChI=1S/C12H12N2O3/c1-8-5-6-14(13-8)9-3-4-10(12(15)16)11(7-9)17-2/h3-7H,1-2H3,(H,15,16). The lowest BCUT2D eigenvalue weighted by Crippen LogP contribution is -2.02. The van der Waals surface area contributed by atoms with E-state index < -0.39 is 5.97 Å². The summed E-state index contributed by atoms with van der Waals surface area (Å²) in [5, 5.41) is 13.2. The first kappa shape index (κ1) is 11.2. The summed E-state index contributed by atoms with van der Waals surface area (Å²) in [5.41, 5.74) is 1.80. The third-order valence-corrected chi connectivity index (χ3v) is 2.40. The largest absolute Gasteiger partial charge is 0.496 e. The van der Waals surface area contributed by atoms with E-state index in [4.69, 9.17) is 9.84 Å². The number of aromatic nitrogens is 2. The highest BCUT2D eigenvalue weighted by atomic mass is 16.5. The molecule has 0 amide bonds. The molecule has 5 heteroatoms. The van der Waals surface area contributed by atoms with E-state index in [0.717, 1.165) is 11.4 Å². The van der Waals surface area contributed by atoms with Crippen LogP contribution in [0.25, 0.3) is 5.69 Å². The second-order valence-corrected chi connectivity index (χ2v) is 3.59. The molecule has 2 aromatic rings. The minimum absolute atomic E-state index is 0.139. The van der Waals surface area contributed by atoms with Crippen molar-refractivity contribution >= 4 is 5.97 Å².